The van der Waals surface area contributed by atoms with E-state index in [1.165, 1.54) is 19.2 Å². The normalized spacial score (nSPS) is 20.3. The number of halogens is 1. The Morgan fingerprint density at radius 3 is 2.73 bits per heavy atom. The molecule has 1 aliphatic heterocycles. The van der Waals surface area contributed by atoms with E-state index >= 15 is 0 Å². The monoisotopic (exact) mass is 355 g/mol. The molecule has 2 aromatic carbocycles. The number of para-hydroxylation sites is 1. The van der Waals surface area contributed by atoms with E-state index in [0.29, 0.717) is 6.42 Å². The van der Waals surface area contributed by atoms with Gasteiger partial charge in [-0.1, -0.05) is 24.3 Å². The Bertz CT molecular complexity index is 830. The Kier molecular flexibility index (Phi) is 4.31. The fraction of sp³-hybridized carbons (Fsp3) is 0.381. The van der Waals surface area contributed by atoms with Crippen LogP contribution in [0.25, 0.3) is 0 Å². The Morgan fingerprint density at radius 2 is 1.96 bits per heavy atom. The number of carbonyl (C=O) groups excluding carboxylic acids is 1. The van der Waals surface area contributed by atoms with Crippen molar-refractivity contribution in [3.8, 4) is 11.5 Å². The number of benzene rings is 2. The topological polar surface area (TPSA) is 47.6 Å². The minimum absolute atomic E-state index is 0.00575. The van der Waals surface area contributed by atoms with Crippen molar-refractivity contribution in [3.05, 3.63) is 59.4 Å². The number of carbonyl (C=O) groups is 1. The molecule has 4 nitrogen and oxygen atoms in total. The first-order chi connectivity index (χ1) is 12.6. The summed E-state index contributed by atoms with van der Waals surface area (Å²) in [5, 5.41) is 3.02. The summed E-state index contributed by atoms with van der Waals surface area (Å²) < 4.78 is 25.8. The van der Waals surface area contributed by atoms with Crippen LogP contribution in [-0.4, -0.2) is 18.6 Å². The number of amides is 1. The van der Waals surface area contributed by atoms with E-state index in [0.717, 1.165) is 37.0 Å². The third-order valence-corrected chi connectivity index (χ3v) is 5.44. The molecule has 1 aliphatic carbocycles. The predicted molar refractivity (Wildman–Crippen MR) is 96.0 cm³/mol. The van der Waals surface area contributed by atoms with Crippen LogP contribution in [-0.2, 0) is 0 Å². The fourth-order valence-corrected chi connectivity index (χ4v) is 4.15. The minimum Gasteiger partial charge on any atom is -0.494 e. The summed E-state index contributed by atoms with van der Waals surface area (Å²) in [6, 6.07) is 12.2. The lowest BCUT2D eigenvalue weighted by molar-refractivity contribution is 0.0360. The average Bonchev–Trinajstić information content (AvgIpc) is 3.09. The Labute approximate surface area is 152 Å². The van der Waals surface area contributed by atoms with E-state index in [2.05, 4.69) is 5.32 Å². The van der Waals surface area contributed by atoms with Crippen molar-refractivity contribution < 1.29 is 18.7 Å². The largest absolute Gasteiger partial charge is 0.494 e. The summed E-state index contributed by atoms with van der Waals surface area (Å²) in [4.78, 5) is 12.8. The average molecular weight is 355 g/mol. The standard InChI is InChI=1S/C21H22FNO3/c1-25-18-10-6-8-15(19(18)22)20(24)23-16-13-21(11-4-5-12-21)26-17-9-3-2-7-14(16)17/h2-3,6-10,16H,4-5,11-13H2,1H3,(H,23,24)/t16-/m0/s1. The highest BCUT2D eigenvalue weighted by atomic mass is 19.1. The molecular formula is C21H22FNO3. The Balaban J connectivity index is 1.64. The molecule has 5 heteroatoms. The number of hydrogen-bond donors (Lipinski definition) is 1. The van der Waals surface area contributed by atoms with E-state index in [9.17, 15) is 9.18 Å². The van der Waals surface area contributed by atoms with Crippen LogP contribution in [0.5, 0.6) is 11.5 Å². The first kappa shape index (κ1) is 16.9. The second-order valence-electron chi connectivity index (χ2n) is 7.08. The van der Waals surface area contributed by atoms with Gasteiger partial charge in [-0.3, -0.25) is 4.79 Å². The second kappa shape index (κ2) is 6.63. The highest BCUT2D eigenvalue weighted by Crippen LogP contribution is 2.47. The Morgan fingerprint density at radius 1 is 1.19 bits per heavy atom. The number of rotatable bonds is 3. The van der Waals surface area contributed by atoms with Gasteiger partial charge in [0.25, 0.3) is 5.91 Å². The van der Waals surface area contributed by atoms with Gasteiger partial charge in [-0.05, 0) is 43.9 Å². The van der Waals surface area contributed by atoms with Crippen molar-refractivity contribution in [2.24, 2.45) is 0 Å². The summed E-state index contributed by atoms with van der Waals surface area (Å²) in [5.41, 5.74) is 0.717. The summed E-state index contributed by atoms with van der Waals surface area (Å²) in [6.45, 7) is 0. The molecule has 2 aromatic rings. The zero-order valence-corrected chi connectivity index (χ0v) is 14.8. The van der Waals surface area contributed by atoms with Crippen molar-refractivity contribution in [1.29, 1.82) is 0 Å². The first-order valence-electron chi connectivity index (χ1n) is 9.03. The van der Waals surface area contributed by atoms with Gasteiger partial charge >= 0.3 is 0 Å². The third kappa shape index (κ3) is 2.91. The van der Waals surface area contributed by atoms with E-state index in [1.807, 2.05) is 24.3 Å². The third-order valence-electron chi connectivity index (χ3n) is 5.44. The van der Waals surface area contributed by atoms with Crippen LogP contribution in [0.4, 0.5) is 4.39 Å². The lowest BCUT2D eigenvalue weighted by atomic mass is 9.85. The molecule has 1 N–H and O–H groups in total. The second-order valence-corrected chi connectivity index (χ2v) is 7.08. The fourth-order valence-electron chi connectivity index (χ4n) is 4.15. The molecule has 1 heterocycles. The van der Waals surface area contributed by atoms with Crippen LogP contribution in [0.15, 0.2) is 42.5 Å². The van der Waals surface area contributed by atoms with E-state index in [1.54, 1.807) is 6.07 Å². The molecule has 0 aromatic heterocycles. The summed E-state index contributed by atoms with van der Waals surface area (Å²) in [7, 11) is 1.39. The molecule has 1 atom stereocenters. The van der Waals surface area contributed by atoms with E-state index in [4.69, 9.17) is 9.47 Å². The highest BCUT2D eigenvalue weighted by Gasteiger charge is 2.43. The van der Waals surface area contributed by atoms with Crippen LogP contribution in [0, 0.1) is 5.82 Å². The maximum absolute atomic E-state index is 14.5. The summed E-state index contributed by atoms with van der Waals surface area (Å²) >= 11 is 0. The van der Waals surface area contributed by atoms with Crippen molar-refractivity contribution in [1.82, 2.24) is 5.32 Å². The van der Waals surface area contributed by atoms with Gasteiger partial charge in [0.05, 0.1) is 18.7 Å². The molecular weight excluding hydrogens is 333 g/mol. The Hall–Kier alpha value is -2.56. The summed E-state index contributed by atoms with van der Waals surface area (Å²) in [5.74, 6) is -0.186. The molecule has 1 fully saturated rings. The lowest BCUT2D eigenvalue weighted by Gasteiger charge is -2.40. The van der Waals surface area contributed by atoms with Gasteiger partial charge in [-0.25, -0.2) is 4.39 Å². The predicted octanol–water partition coefficient (Wildman–Crippen LogP) is 4.40. The van der Waals surface area contributed by atoms with Gasteiger partial charge in [-0.15, -0.1) is 0 Å². The van der Waals surface area contributed by atoms with Crippen molar-refractivity contribution >= 4 is 5.91 Å². The molecule has 0 saturated heterocycles. The lowest BCUT2D eigenvalue weighted by Crippen LogP contribution is -2.43. The summed E-state index contributed by atoms with van der Waals surface area (Å²) in [6.07, 6.45) is 4.95. The quantitative estimate of drug-likeness (QED) is 0.888. The van der Waals surface area contributed by atoms with Crippen molar-refractivity contribution in [2.45, 2.75) is 43.7 Å². The van der Waals surface area contributed by atoms with Crippen LogP contribution in [0.1, 0.15) is 54.1 Å². The molecule has 1 saturated carbocycles. The van der Waals surface area contributed by atoms with E-state index in [-0.39, 0.29) is 23.0 Å². The molecule has 0 unspecified atom stereocenters. The van der Waals surface area contributed by atoms with Crippen molar-refractivity contribution in [2.75, 3.05) is 7.11 Å². The molecule has 2 aliphatic rings. The van der Waals surface area contributed by atoms with E-state index < -0.39 is 11.7 Å². The van der Waals surface area contributed by atoms with Crippen LogP contribution >= 0.6 is 0 Å². The molecule has 0 radical (unpaired) electrons. The van der Waals surface area contributed by atoms with Gasteiger partial charge in [0.15, 0.2) is 11.6 Å². The maximum atomic E-state index is 14.5. The zero-order valence-electron chi connectivity index (χ0n) is 14.8. The SMILES string of the molecule is COc1cccc(C(=O)N[C@H]2CC3(CCCC3)Oc3ccccc32)c1F. The number of nitrogens with one attached hydrogen (secondary N) is 1. The molecule has 1 spiro atoms. The molecule has 1 amide bonds. The van der Waals surface area contributed by atoms with Gasteiger partial charge in [-0.2, -0.15) is 0 Å². The highest BCUT2D eigenvalue weighted by molar-refractivity contribution is 5.95. The molecule has 26 heavy (non-hydrogen) atoms. The number of ether oxygens (including phenoxy) is 2. The number of hydrogen-bond acceptors (Lipinski definition) is 3. The van der Waals surface area contributed by atoms with Gasteiger partial charge < -0.3 is 14.8 Å². The number of methoxy groups -OCH3 is 1. The maximum Gasteiger partial charge on any atom is 0.254 e. The van der Waals surface area contributed by atoms with Gasteiger partial charge in [0.2, 0.25) is 0 Å². The smallest absolute Gasteiger partial charge is 0.254 e. The van der Waals surface area contributed by atoms with Gasteiger partial charge in [0.1, 0.15) is 11.4 Å². The number of fused-ring (bicyclic) bond motifs is 1. The molecule has 0 bridgehead atoms. The zero-order chi connectivity index (χ0) is 18.1. The first-order valence-corrected chi connectivity index (χ1v) is 9.03. The van der Waals surface area contributed by atoms with Crippen LogP contribution in [0.2, 0.25) is 0 Å². The van der Waals surface area contributed by atoms with Gasteiger partial charge in [0, 0.05) is 12.0 Å². The molecule has 4 rings (SSSR count). The molecule has 136 valence electrons. The van der Waals surface area contributed by atoms with Crippen LogP contribution < -0.4 is 14.8 Å². The minimum atomic E-state index is -0.636. The van der Waals surface area contributed by atoms with Crippen molar-refractivity contribution in [3.63, 3.8) is 0 Å². The van der Waals surface area contributed by atoms with Crippen LogP contribution in [0.3, 0.4) is 0 Å².